The van der Waals surface area contributed by atoms with Crippen molar-refractivity contribution in [1.29, 1.82) is 0 Å². The Morgan fingerprint density at radius 3 is 2.11 bits per heavy atom. The van der Waals surface area contributed by atoms with Gasteiger partial charge in [0.1, 0.15) is 30.2 Å². The Hall–Kier alpha value is -3.40. The summed E-state index contributed by atoms with van der Waals surface area (Å²) in [6, 6.07) is 21.1. The molecule has 0 N–H and O–H groups in total. The maximum absolute atomic E-state index is 8.49. The molecule has 0 spiro atoms. The Balaban J connectivity index is 0.000000695. The number of rotatable bonds is 6. The number of ether oxygens (including phenoxy) is 1. The highest BCUT2D eigenvalue weighted by Crippen LogP contribution is 2.35. The second kappa shape index (κ2) is 12.2. The number of fused-ring (bicyclic) bond motifs is 2. The van der Waals surface area contributed by atoms with Crippen LogP contribution in [0.1, 0.15) is 25.0 Å². The summed E-state index contributed by atoms with van der Waals surface area (Å²) in [5.74, 6) is 1.66. The smallest absolute Gasteiger partial charge is 0.203 e. The highest BCUT2D eigenvalue weighted by Gasteiger charge is 2.16. The molecule has 0 radical (unpaired) electrons. The summed E-state index contributed by atoms with van der Waals surface area (Å²) < 4.78 is 48.1. The van der Waals surface area contributed by atoms with E-state index < -0.39 is 10.2 Å². The van der Waals surface area contributed by atoms with Gasteiger partial charge in [-0.15, -0.1) is 10.2 Å². The molecular formula is C28H31ClN2O6. The Kier molecular flexibility index (Phi) is 9.31. The van der Waals surface area contributed by atoms with Crippen LogP contribution in [0.3, 0.4) is 0 Å². The molecule has 1 aliphatic heterocycles. The predicted molar refractivity (Wildman–Crippen MR) is 135 cm³/mol. The molecule has 0 saturated heterocycles. The monoisotopic (exact) mass is 526 g/mol. The van der Waals surface area contributed by atoms with Crippen LogP contribution in [0.15, 0.2) is 65.1 Å². The summed E-state index contributed by atoms with van der Waals surface area (Å²) in [5.41, 5.74) is 5.40. The lowest BCUT2D eigenvalue weighted by Gasteiger charge is -2.17. The van der Waals surface area contributed by atoms with Gasteiger partial charge in [0.15, 0.2) is 0 Å². The average Bonchev–Trinajstić information content (AvgIpc) is 2.86. The number of benzene rings is 3. The lowest BCUT2D eigenvalue weighted by atomic mass is 9.98. The Labute approximate surface area is 218 Å². The van der Waals surface area contributed by atoms with Gasteiger partial charge in [-0.25, -0.2) is 23.2 Å². The molecular weight excluding hydrogens is 496 g/mol. The molecule has 1 heterocycles. The van der Waals surface area contributed by atoms with E-state index >= 15 is 0 Å². The first kappa shape index (κ1) is 28.2. The standard InChI is InChI=1S/C28H31N2O2.ClHO4/c1-6-30(7-2)22-13-16-25-24(15-10-20-8-11-21(12-9-20)29(3)4)26-17-14-23(31-5)19-28(26)32-27(25)18-22;2-1(3,4)5/h8-19H,6-7H2,1-5H3;(H,2,3,4,5)/q+1;/p-1. The molecule has 0 atom stereocenters. The van der Waals surface area contributed by atoms with Crippen molar-refractivity contribution in [3.05, 3.63) is 77.1 Å². The van der Waals surface area contributed by atoms with Crippen LogP contribution in [-0.4, -0.2) is 34.3 Å². The van der Waals surface area contributed by atoms with Crippen molar-refractivity contribution in [3.8, 4) is 17.1 Å². The van der Waals surface area contributed by atoms with Gasteiger partial charge in [-0.3, -0.25) is 0 Å². The predicted octanol–water partition coefficient (Wildman–Crippen LogP) is 0.839. The fourth-order valence-electron chi connectivity index (χ4n) is 4.05. The highest BCUT2D eigenvalue weighted by atomic mass is 35.7. The molecule has 0 saturated carbocycles. The molecule has 0 fully saturated rings. The molecule has 1 aliphatic carbocycles. The molecule has 0 bridgehead atoms. The first-order chi connectivity index (χ1) is 17.5. The zero-order valence-electron chi connectivity index (χ0n) is 21.6. The molecule has 8 nitrogen and oxygen atoms in total. The Morgan fingerprint density at radius 1 is 0.892 bits per heavy atom. The maximum Gasteiger partial charge on any atom is 0.203 e. The molecule has 0 aromatic heterocycles. The maximum atomic E-state index is 8.49. The molecule has 2 aromatic rings. The van der Waals surface area contributed by atoms with Crippen molar-refractivity contribution in [2.24, 2.45) is 0 Å². The normalized spacial score (nSPS) is 11.5. The first-order valence-electron chi connectivity index (χ1n) is 11.7. The highest BCUT2D eigenvalue weighted by molar-refractivity contribution is 5.97. The van der Waals surface area contributed by atoms with Gasteiger partial charge in [-0.05, 0) is 55.3 Å². The van der Waals surface area contributed by atoms with Gasteiger partial charge in [0.25, 0.3) is 0 Å². The van der Waals surface area contributed by atoms with E-state index in [0.29, 0.717) is 0 Å². The fourth-order valence-corrected chi connectivity index (χ4v) is 4.05. The number of nitrogens with zero attached hydrogens (tertiary/aromatic N) is 2. The van der Waals surface area contributed by atoms with Gasteiger partial charge < -0.3 is 14.1 Å². The third kappa shape index (κ3) is 7.55. The summed E-state index contributed by atoms with van der Waals surface area (Å²) in [6.45, 7) is 6.26. The lowest BCUT2D eigenvalue weighted by molar-refractivity contribution is -2.00. The van der Waals surface area contributed by atoms with Gasteiger partial charge in [-0.2, -0.15) is 0 Å². The van der Waals surface area contributed by atoms with Crippen molar-refractivity contribution < 1.29 is 38.0 Å². The van der Waals surface area contributed by atoms with E-state index in [-0.39, 0.29) is 0 Å². The van der Waals surface area contributed by atoms with E-state index in [9.17, 15) is 0 Å². The Bertz CT molecular complexity index is 1390. The van der Waals surface area contributed by atoms with E-state index in [4.69, 9.17) is 27.8 Å². The zero-order valence-corrected chi connectivity index (χ0v) is 22.3. The van der Waals surface area contributed by atoms with Crippen molar-refractivity contribution in [3.63, 3.8) is 0 Å². The minimum atomic E-state index is -4.94. The fraction of sp³-hybridized carbons (Fsp3) is 0.250. The second-order valence-corrected chi connectivity index (χ2v) is 9.18. The summed E-state index contributed by atoms with van der Waals surface area (Å²) in [7, 11) is 0.841. The number of hydrogen-bond donors (Lipinski definition) is 0. The van der Waals surface area contributed by atoms with E-state index in [0.717, 1.165) is 52.3 Å². The number of halogens is 1. The second-order valence-electron chi connectivity index (χ2n) is 8.43. The van der Waals surface area contributed by atoms with Crippen LogP contribution in [0.4, 0.5) is 5.69 Å². The lowest BCUT2D eigenvalue weighted by Crippen LogP contribution is -2.68. The van der Waals surface area contributed by atoms with Crippen molar-refractivity contribution in [2.45, 2.75) is 13.8 Å². The van der Waals surface area contributed by atoms with Gasteiger partial charge in [0, 0.05) is 42.9 Å². The molecule has 2 aliphatic rings. The van der Waals surface area contributed by atoms with Crippen LogP contribution in [0, 0.1) is 10.2 Å². The van der Waals surface area contributed by atoms with Gasteiger partial charge in [0.05, 0.1) is 13.2 Å². The molecule has 0 unspecified atom stereocenters. The number of anilines is 1. The van der Waals surface area contributed by atoms with Crippen molar-refractivity contribution in [1.82, 2.24) is 4.58 Å². The summed E-state index contributed by atoms with van der Waals surface area (Å²) in [5, 5.41) is 2.23. The minimum absolute atomic E-state index is 0.787. The topological polar surface area (TPSA) is 121 Å². The van der Waals surface area contributed by atoms with Crippen LogP contribution in [0.5, 0.6) is 5.75 Å². The first-order valence-corrected chi connectivity index (χ1v) is 13.0. The molecule has 9 heteroatoms. The van der Waals surface area contributed by atoms with Crippen LogP contribution in [-0.2, 0) is 0 Å². The summed E-state index contributed by atoms with van der Waals surface area (Å²) in [6.07, 6.45) is 4.35. The molecule has 37 heavy (non-hydrogen) atoms. The third-order valence-electron chi connectivity index (χ3n) is 5.93. The van der Waals surface area contributed by atoms with E-state index in [1.807, 2.05) is 12.1 Å². The van der Waals surface area contributed by atoms with Gasteiger partial charge in [0.2, 0.25) is 5.36 Å². The van der Waals surface area contributed by atoms with Crippen molar-refractivity contribution in [2.75, 3.05) is 39.2 Å². The van der Waals surface area contributed by atoms with Crippen molar-refractivity contribution >= 4 is 28.8 Å². The molecule has 196 valence electrons. The molecule has 2 aromatic carbocycles. The summed E-state index contributed by atoms with van der Waals surface area (Å²) >= 11 is 0. The minimum Gasteiger partial charge on any atom is -0.497 e. The number of hydrogen-bond acceptors (Lipinski definition) is 7. The van der Waals surface area contributed by atoms with Crippen LogP contribution >= 0.6 is 0 Å². The van der Waals surface area contributed by atoms with E-state index in [1.54, 1.807) is 7.11 Å². The zero-order chi connectivity index (χ0) is 27.2. The van der Waals surface area contributed by atoms with Gasteiger partial charge in [-0.1, -0.05) is 24.3 Å². The van der Waals surface area contributed by atoms with Crippen LogP contribution in [0.25, 0.3) is 34.4 Å². The quantitative estimate of drug-likeness (QED) is 0.269. The van der Waals surface area contributed by atoms with E-state index in [1.165, 1.54) is 11.0 Å². The molecule has 0 amide bonds. The van der Waals surface area contributed by atoms with E-state index in [2.05, 4.69) is 98.1 Å². The SMILES string of the molecule is CC[N+](CC)=c1ccc2c(/C=C/c3ccc(N(C)C)cc3)c3ccc(OC)cc3oc-2c1.[O-][Cl+3]([O-])([O-])[O-]. The summed E-state index contributed by atoms with van der Waals surface area (Å²) in [4.78, 5) is 2.11. The Morgan fingerprint density at radius 2 is 1.54 bits per heavy atom. The van der Waals surface area contributed by atoms with Gasteiger partial charge >= 0.3 is 0 Å². The van der Waals surface area contributed by atoms with Crippen LogP contribution < -0.4 is 38.2 Å². The average molecular weight is 527 g/mol. The largest absolute Gasteiger partial charge is 0.497 e. The third-order valence-corrected chi connectivity index (χ3v) is 5.93. The van der Waals surface area contributed by atoms with Crippen LogP contribution in [0.2, 0.25) is 0 Å². The number of methoxy groups -OCH3 is 1. The molecule has 4 rings (SSSR count).